The normalized spacial score (nSPS) is 0. The maximum absolute atomic E-state index is 0. The molecule has 0 aliphatic carbocycles. The van der Waals surface area contributed by atoms with E-state index in [1.54, 1.807) is 0 Å². The Kier molecular flexibility index (Phi) is 657. The van der Waals surface area contributed by atoms with E-state index in [0.29, 0.717) is 0 Å². The monoisotopic (exact) mass is 549 g/mol. The summed E-state index contributed by atoms with van der Waals surface area (Å²) in [6.45, 7) is 0. The van der Waals surface area contributed by atoms with Crippen molar-refractivity contribution in [1.29, 1.82) is 0 Å². The van der Waals surface area contributed by atoms with Crippen LogP contribution in [0.1, 0.15) is 0 Å². The van der Waals surface area contributed by atoms with Crippen LogP contribution in [-0.4, -0.2) is 0 Å². The van der Waals surface area contributed by atoms with Gasteiger partial charge in [-0.2, -0.15) is 0 Å². The van der Waals surface area contributed by atoms with E-state index in [-0.39, 0.29) is 581 Å². The molecule has 0 N–H and O–H groups in total. The van der Waals surface area contributed by atoms with Crippen LogP contribution in [0.25, 0.3) is 0 Å². The van der Waals surface area contributed by atoms with Gasteiger partial charge in [-0.05, 0) is 0 Å². The van der Waals surface area contributed by atoms with Crippen LogP contribution in [-0.2, 0) is 67.5 Å². The zero-order valence-electron chi connectivity index (χ0n) is 12.0. The molecule has 0 spiro atoms. The molecule has 15 heteroatoms. The van der Waals surface area contributed by atoms with E-state index in [1.165, 1.54) is 0 Å². The standard InChI is InChI=1S/10K.5S/q10*+1;5*-2. The van der Waals surface area contributed by atoms with E-state index in [4.69, 9.17) is 0 Å². The van der Waals surface area contributed by atoms with E-state index in [0.717, 1.165) is 0 Å². The second-order valence-corrected chi connectivity index (χ2v) is 0. The maximum Gasteiger partial charge on any atom is 1.00 e. The Hall–Kier alpha value is 18.1. The average molecular weight is 551 g/mol. The third kappa shape index (κ3) is 88.8. The molecule has 0 atom stereocenters. The molecule has 0 radical (unpaired) electrons. The summed E-state index contributed by atoms with van der Waals surface area (Å²) in [5.41, 5.74) is 0. The molecule has 0 aromatic rings. The zero-order chi connectivity index (χ0) is 0. The predicted molar refractivity (Wildman–Crippen MR) is 36.8 cm³/mol. The minimum atomic E-state index is 0. The van der Waals surface area contributed by atoms with Gasteiger partial charge < -0.3 is 67.5 Å². The summed E-state index contributed by atoms with van der Waals surface area (Å²) in [4.78, 5) is 0. The van der Waals surface area contributed by atoms with Gasteiger partial charge in [-0.15, -0.1) is 0 Å². The Balaban J connectivity index is 0. The second kappa shape index (κ2) is 94.8. The van der Waals surface area contributed by atoms with Crippen molar-refractivity contribution in [2.75, 3.05) is 0 Å². The smallest absolute Gasteiger partial charge is 1.00 e. The van der Waals surface area contributed by atoms with Crippen LogP contribution in [0.15, 0.2) is 0 Å². The van der Waals surface area contributed by atoms with Crippen LogP contribution in [0.3, 0.4) is 0 Å². The predicted octanol–water partition coefficient (Wildman–Crippen LogP) is -30.0. The van der Waals surface area contributed by atoms with Crippen LogP contribution >= 0.6 is 0 Å². The fraction of sp³-hybridized carbons (Fsp3) is 0. The molecular weight excluding hydrogens is 551 g/mol. The molecule has 0 amide bonds. The van der Waals surface area contributed by atoms with Crippen LogP contribution in [0.4, 0.5) is 0 Å². The second-order valence-electron chi connectivity index (χ2n) is 0. The molecule has 0 saturated heterocycles. The van der Waals surface area contributed by atoms with Gasteiger partial charge in [-0.25, -0.2) is 0 Å². The van der Waals surface area contributed by atoms with Gasteiger partial charge in [-0.1, -0.05) is 0 Å². The van der Waals surface area contributed by atoms with E-state index in [9.17, 15) is 0 Å². The summed E-state index contributed by atoms with van der Waals surface area (Å²) in [5.74, 6) is 0. The molecule has 0 unspecified atom stereocenters. The topological polar surface area (TPSA) is 0 Å². The molecule has 0 aromatic carbocycles. The van der Waals surface area contributed by atoms with Crippen molar-refractivity contribution in [3.8, 4) is 0 Å². The Labute approximate surface area is 557 Å². The van der Waals surface area contributed by atoms with E-state index in [1.807, 2.05) is 0 Å². The van der Waals surface area contributed by atoms with Gasteiger partial charge >= 0.3 is 514 Å². The van der Waals surface area contributed by atoms with Crippen molar-refractivity contribution in [2.24, 2.45) is 0 Å². The van der Waals surface area contributed by atoms with Gasteiger partial charge in [-0.3, -0.25) is 0 Å². The average Bonchev–Trinajstić information content (AvgIpc) is 0. The fourth-order valence-corrected chi connectivity index (χ4v) is 0. The molecule has 0 aromatic heterocycles. The first-order valence-electron chi connectivity index (χ1n) is 0. The molecule has 15 heavy (non-hydrogen) atoms. The molecule has 0 aliphatic heterocycles. The summed E-state index contributed by atoms with van der Waals surface area (Å²) in [5, 5.41) is 0. The van der Waals surface area contributed by atoms with Gasteiger partial charge in [0.25, 0.3) is 0 Å². The maximum atomic E-state index is 0. The molecule has 0 fully saturated rings. The van der Waals surface area contributed by atoms with Gasteiger partial charge in [0.15, 0.2) is 0 Å². The Bertz CT molecular complexity index is 13.8. The summed E-state index contributed by atoms with van der Waals surface area (Å²) in [6, 6.07) is 0. The van der Waals surface area contributed by atoms with Gasteiger partial charge in [0, 0.05) is 0 Å². The molecule has 0 rings (SSSR count). The minimum absolute atomic E-state index is 0. The van der Waals surface area contributed by atoms with Gasteiger partial charge in [0.05, 0.1) is 0 Å². The van der Waals surface area contributed by atoms with Crippen LogP contribution in [0, 0.1) is 0 Å². The van der Waals surface area contributed by atoms with E-state index >= 15 is 0 Å². The summed E-state index contributed by atoms with van der Waals surface area (Å²) in [6.07, 6.45) is 0. The van der Waals surface area contributed by atoms with E-state index in [2.05, 4.69) is 0 Å². The summed E-state index contributed by atoms with van der Waals surface area (Å²) >= 11 is 0. The van der Waals surface area contributed by atoms with Crippen LogP contribution in [0.5, 0.6) is 0 Å². The number of hydrogen-bond donors (Lipinski definition) is 0. The molecule has 0 saturated carbocycles. The summed E-state index contributed by atoms with van der Waals surface area (Å²) < 4.78 is 0. The molecule has 0 aliphatic rings. The van der Waals surface area contributed by atoms with Crippen molar-refractivity contribution >= 4 is 67.5 Å². The SMILES string of the molecule is [K+].[K+].[K+].[K+].[K+].[K+].[K+].[K+].[K+].[K+].[S-2].[S-2].[S-2].[S-2].[S-2]. The Morgan fingerprint density at radius 1 is 0.133 bits per heavy atom. The van der Waals surface area contributed by atoms with Gasteiger partial charge in [0.2, 0.25) is 0 Å². The molecule has 40 valence electrons. The Morgan fingerprint density at radius 3 is 0.133 bits per heavy atom. The molecular formula is K10S5. The van der Waals surface area contributed by atoms with Crippen molar-refractivity contribution in [2.45, 2.75) is 0 Å². The first-order valence-corrected chi connectivity index (χ1v) is 0. The first kappa shape index (κ1) is 104. The van der Waals surface area contributed by atoms with E-state index < -0.39 is 0 Å². The number of hydrogen-bond acceptors (Lipinski definition) is 0. The quantitative estimate of drug-likeness (QED) is 0.263. The Morgan fingerprint density at radius 2 is 0.133 bits per heavy atom. The molecule has 0 heterocycles. The zero-order valence-corrected chi connectivity index (χ0v) is 47.4. The third-order valence-corrected chi connectivity index (χ3v) is 0. The van der Waals surface area contributed by atoms with Crippen LogP contribution < -0.4 is 514 Å². The number of rotatable bonds is 0. The minimum Gasteiger partial charge on any atom is -2.00 e. The molecule has 0 nitrogen and oxygen atoms in total. The van der Waals surface area contributed by atoms with Crippen molar-refractivity contribution in [3.05, 3.63) is 0 Å². The van der Waals surface area contributed by atoms with Crippen molar-refractivity contribution < 1.29 is 514 Å². The fourth-order valence-electron chi connectivity index (χ4n) is 0. The van der Waals surface area contributed by atoms with Crippen LogP contribution in [0.2, 0.25) is 0 Å². The largest absolute Gasteiger partial charge is 2.00 e. The third-order valence-electron chi connectivity index (χ3n) is 0. The summed E-state index contributed by atoms with van der Waals surface area (Å²) in [7, 11) is 0. The van der Waals surface area contributed by atoms with Crippen molar-refractivity contribution in [3.63, 3.8) is 0 Å². The van der Waals surface area contributed by atoms with Crippen molar-refractivity contribution in [1.82, 2.24) is 0 Å². The molecule has 0 bridgehead atoms. The van der Waals surface area contributed by atoms with Gasteiger partial charge in [0.1, 0.15) is 0 Å². The first-order chi connectivity index (χ1) is 0.